The van der Waals surface area contributed by atoms with Crippen LogP contribution in [0.5, 0.6) is 11.5 Å². The van der Waals surface area contributed by atoms with Crippen LogP contribution in [0.4, 0.5) is 0 Å². The smallest absolute Gasteiger partial charge is 0.335 e. The number of aliphatic hydroxyl groups excluding tert-OH is 1. The molecule has 0 fully saturated rings. The lowest BCUT2D eigenvalue weighted by molar-refractivity contribution is -0.163. The van der Waals surface area contributed by atoms with Crippen molar-refractivity contribution in [3.63, 3.8) is 0 Å². The molecule has 33 heavy (non-hydrogen) atoms. The fourth-order valence-electron chi connectivity index (χ4n) is 3.28. The van der Waals surface area contributed by atoms with Gasteiger partial charge in [0.05, 0.1) is 38.0 Å². The summed E-state index contributed by atoms with van der Waals surface area (Å²) in [6.45, 7) is 1.23. The SMILES string of the molecule is COCOC(=O)C(/C(C(=O)OC)=C(\C)c1cc(Cl)c(OC)c(OC)c1)C(O)c1ccncc1. The van der Waals surface area contributed by atoms with E-state index in [1.54, 1.807) is 19.1 Å². The molecule has 1 heterocycles. The van der Waals surface area contributed by atoms with Gasteiger partial charge in [-0.2, -0.15) is 0 Å². The van der Waals surface area contributed by atoms with E-state index in [-0.39, 0.29) is 17.4 Å². The molecule has 0 aliphatic carbocycles. The minimum absolute atomic E-state index is 0.119. The van der Waals surface area contributed by atoms with Gasteiger partial charge in [0.15, 0.2) is 18.3 Å². The molecule has 0 aliphatic rings. The van der Waals surface area contributed by atoms with Gasteiger partial charge < -0.3 is 28.8 Å². The number of nitrogens with zero attached hydrogens (tertiary/aromatic N) is 1. The number of ether oxygens (including phenoxy) is 5. The van der Waals surface area contributed by atoms with Crippen LogP contribution in [0, 0.1) is 5.92 Å². The summed E-state index contributed by atoms with van der Waals surface area (Å²) in [5.41, 5.74) is 0.997. The Kier molecular flexibility index (Phi) is 9.65. The van der Waals surface area contributed by atoms with Crippen LogP contribution in [0.1, 0.15) is 24.2 Å². The minimum atomic E-state index is -1.45. The Bertz CT molecular complexity index is 1010. The first-order chi connectivity index (χ1) is 15.8. The number of esters is 2. The van der Waals surface area contributed by atoms with Crippen molar-refractivity contribution in [1.82, 2.24) is 4.98 Å². The maximum atomic E-state index is 13.0. The standard InChI is InChI=1S/C23H26ClNO8/c1-13(15-10-16(24)21(31-4)17(11-15)30-3)18(22(27)32-5)19(23(28)33-12-29-2)20(26)14-6-8-25-9-7-14/h6-11,19-20,26H,12H2,1-5H3/b18-13-. The van der Waals surface area contributed by atoms with Crippen LogP contribution in [-0.4, -0.2) is 57.3 Å². The van der Waals surface area contributed by atoms with E-state index in [2.05, 4.69) is 4.98 Å². The predicted octanol–water partition coefficient (Wildman–Crippen LogP) is 3.20. The maximum absolute atomic E-state index is 13.0. The van der Waals surface area contributed by atoms with Crippen molar-refractivity contribution in [2.45, 2.75) is 13.0 Å². The average molecular weight is 480 g/mol. The number of hydrogen-bond acceptors (Lipinski definition) is 9. The monoisotopic (exact) mass is 479 g/mol. The summed E-state index contributed by atoms with van der Waals surface area (Å²) in [4.78, 5) is 29.8. The van der Waals surface area contributed by atoms with Crippen LogP contribution in [0.2, 0.25) is 5.02 Å². The summed E-state index contributed by atoms with van der Waals surface area (Å²) in [5, 5.41) is 11.3. The number of rotatable bonds is 10. The number of methoxy groups -OCH3 is 4. The van der Waals surface area contributed by atoms with Crippen LogP contribution in [-0.2, 0) is 23.8 Å². The lowest BCUT2D eigenvalue weighted by Crippen LogP contribution is -2.31. The summed E-state index contributed by atoms with van der Waals surface area (Å²) in [7, 11) is 5.40. The molecule has 1 N–H and O–H groups in total. The first-order valence-corrected chi connectivity index (χ1v) is 10.1. The average Bonchev–Trinajstić information content (AvgIpc) is 2.84. The molecule has 2 aromatic rings. The topological polar surface area (TPSA) is 113 Å². The van der Waals surface area contributed by atoms with Gasteiger partial charge in [-0.05, 0) is 47.9 Å². The van der Waals surface area contributed by atoms with Gasteiger partial charge in [0.25, 0.3) is 0 Å². The van der Waals surface area contributed by atoms with Crippen molar-refractivity contribution >= 4 is 29.1 Å². The third-order valence-electron chi connectivity index (χ3n) is 4.92. The van der Waals surface area contributed by atoms with Gasteiger partial charge in [-0.15, -0.1) is 0 Å². The van der Waals surface area contributed by atoms with Crippen LogP contribution in [0.25, 0.3) is 5.57 Å². The third kappa shape index (κ3) is 6.01. The molecule has 0 saturated heterocycles. The Morgan fingerprint density at radius 3 is 2.30 bits per heavy atom. The van der Waals surface area contributed by atoms with E-state index >= 15 is 0 Å². The second kappa shape index (κ2) is 12.2. The molecule has 0 amide bonds. The molecule has 10 heteroatoms. The first-order valence-electron chi connectivity index (χ1n) is 9.75. The third-order valence-corrected chi connectivity index (χ3v) is 5.20. The molecule has 2 atom stereocenters. The van der Waals surface area contributed by atoms with E-state index < -0.39 is 24.0 Å². The van der Waals surface area contributed by atoms with Crippen molar-refractivity contribution in [3.8, 4) is 11.5 Å². The van der Waals surface area contributed by atoms with Crippen molar-refractivity contribution in [1.29, 1.82) is 0 Å². The Balaban J connectivity index is 2.75. The van der Waals surface area contributed by atoms with Gasteiger partial charge in [-0.1, -0.05) is 11.6 Å². The lowest BCUT2D eigenvalue weighted by atomic mass is 9.84. The quantitative estimate of drug-likeness (QED) is 0.311. The molecule has 9 nitrogen and oxygen atoms in total. The van der Waals surface area contributed by atoms with Gasteiger partial charge >= 0.3 is 11.9 Å². The Morgan fingerprint density at radius 1 is 1.09 bits per heavy atom. The highest BCUT2D eigenvalue weighted by atomic mass is 35.5. The number of allylic oxidation sites excluding steroid dienone is 1. The summed E-state index contributed by atoms with van der Waals surface area (Å²) in [6.07, 6.45) is 1.47. The highest BCUT2D eigenvalue weighted by Gasteiger charge is 2.38. The molecule has 0 bridgehead atoms. The van der Waals surface area contributed by atoms with E-state index in [0.29, 0.717) is 28.2 Å². The van der Waals surface area contributed by atoms with Crippen LogP contribution in [0.15, 0.2) is 42.2 Å². The minimum Gasteiger partial charge on any atom is -0.493 e. The molecule has 1 aromatic carbocycles. The van der Waals surface area contributed by atoms with Crippen LogP contribution < -0.4 is 9.47 Å². The van der Waals surface area contributed by atoms with Gasteiger partial charge in [0, 0.05) is 19.5 Å². The summed E-state index contributed by atoms with van der Waals surface area (Å²) < 4.78 is 25.5. The number of pyridine rings is 1. The number of carbonyl (C=O) groups is 2. The molecule has 2 unspecified atom stereocenters. The Morgan fingerprint density at radius 2 is 1.76 bits per heavy atom. The fraction of sp³-hybridized carbons (Fsp3) is 0.348. The predicted molar refractivity (Wildman–Crippen MR) is 120 cm³/mol. The Hall–Kier alpha value is -3.14. The zero-order chi connectivity index (χ0) is 24.5. The first kappa shape index (κ1) is 26.1. The highest BCUT2D eigenvalue weighted by Crippen LogP contribution is 2.40. The van der Waals surface area contributed by atoms with Gasteiger partial charge in [-0.3, -0.25) is 9.78 Å². The van der Waals surface area contributed by atoms with Crippen molar-refractivity contribution in [3.05, 3.63) is 58.4 Å². The van der Waals surface area contributed by atoms with E-state index in [1.807, 2.05) is 0 Å². The second-order valence-electron chi connectivity index (χ2n) is 6.80. The van der Waals surface area contributed by atoms with Crippen molar-refractivity contribution < 1.29 is 38.4 Å². The fourth-order valence-corrected chi connectivity index (χ4v) is 3.57. The summed E-state index contributed by atoms with van der Waals surface area (Å²) in [6, 6.07) is 6.20. The maximum Gasteiger partial charge on any atom is 0.335 e. The van der Waals surface area contributed by atoms with Gasteiger partial charge in [0.1, 0.15) is 5.92 Å². The Labute approximate surface area is 196 Å². The largest absolute Gasteiger partial charge is 0.493 e. The second-order valence-corrected chi connectivity index (χ2v) is 7.20. The molecule has 178 valence electrons. The van der Waals surface area contributed by atoms with Crippen LogP contribution in [0.3, 0.4) is 0 Å². The molecular formula is C23H26ClNO8. The number of carbonyl (C=O) groups excluding carboxylic acids is 2. The number of aromatic nitrogens is 1. The van der Waals surface area contributed by atoms with Gasteiger partial charge in [0.2, 0.25) is 0 Å². The van der Waals surface area contributed by atoms with E-state index in [1.165, 1.54) is 53.0 Å². The molecule has 0 saturated carbocycles. The number of hydrogen-bond donors (Lipinski definition) is 1. The number of aliphatic hydroxyl groups is 1. The van der Waals surface area contributed by atoms with Crippen molar-refractivity contribution in [2.75, 3.05) is 35.2 Å². The lowest BCUT2D eigenvalue weighted by Gasteiger charge is -2.25. The van der Waals surface area contributed by atoms with Crippen LogP contribution >= 0.6 is 11.6 Å². The number of halogens is 1. The van der Waals surface area contributed by atoms with E-state index in [4.69, 9.17) is 35.3 Å². The molecular weight excluding hydrogens is 454 g/mol. The van der Waals surface area contributed by atoms with E-state index in [0.717, 1.165) is 0 Å². The van der Waals surface area contributed by atoms with E-state index in [9.17, 15) is 14.7 Å². The molecule has 0 aliphatic heterocycles. The normalized spacial score (nSPS) is 13.4. The molecule has 2 rings (SSSR count). The summed E-state index contributed by atoms with van der Waals surface area (Å²) >= 11 is 6.34. The molecule has 1 aromatic heterocycles. The van der Waals surface area contributed by atoms with Gasteiger partial charge in [-0.25, -0.2) is 4.79 Å². The van der Waals surface area contributed by atoms with Crippen molar-refractivity contribution in [2.24, 2.45) is 5.92 Å². The highest BCUT2D eigenvalue weighted by molar-refractivity contribution is 6.32. The molecule has 0 radical (unpaired) electrons. The summed E-state index contributed by atoms with van der Waals surface area (Å²) in [5.74, 6) is -2.53. The zero-order valence-corrected chi connectivity index (χ0v) is 19.7. The number of benzene rings is 1. The zero-order valence-electron chi connectivity index (χ0n) is 19.0. The molecule has 0 spiro atoms.